The van der Waals surface area contributed by atoms with Gasteiger partial charge in [-0.25, -0.2) is 19.6 Å². The lowest BCUT2D eigenvalue weighted by molar-refractivity contribution is -0.137. The van der Waals surface area contributed by atoms with Gasteiger partial charge >= 0.3 is 12.2 Å². The minimum atomic E-state index is -0.898. The summed E-state index contributed by atoms with van der Waals surface area (Å²) in [6.07, 6.45) is 1.35. The van der Waals surface area contributed by atoms with E-state index in [0.717, 1.165) is 93.0 Å². The molecule has 5 atom stereocenters. The zero-order valence-corrected chi connectivity index (χ0v) is 35.9. The Morgan fingerprint density at radius 1 is 0.710 bits per heavy atom. The van der Waals surface area contributed by atoms with Crippen molar-refractivity contribution >= 4 is 56.8 Å². The van der Waals surface area contributed by atoms with E-state index in [1.165, 1.54) is 28.4 Å². The maximum Gasteiger partial charge on any atom is 0.407 e. The lowest BCUT2D eigenvalue weighted by Gasteiger charge is -2.30. The number of alkyl carbamates (subject to hydrolysis) is 2. The molecule has 0 spiro atoms. The van der Waals surface area contributed by atoms with E-state index in [1.54, 1.807) is 18.7 Å². The van der Waals surface area contributed by atoms with Gasteiger partial charge in [-0.15, -0.1) is 0 Å². The number of rotatable bonds is 16. The first-order valence-electron chi connectivity index (χ1n) is 20.9. The molecule has 2 aromatic heterocycles. The number of aryl methyl sites for hydroxylation is 1. The number of fused-ring (bicyclic) bond motifs is 3. The molecule has 4 aromatic carbocycles. The Kier molecular flexibility index (Phi) is 13.7. The Balaban J connectivity index is 0.989. The van der Waals surface area contributed by atoms with E-state index < -0.39 is 36.5 Å². The Bertz CT molecular complexity index is 2570. The van der Waals surface area contributed by atoms with Crippen LogP contribution in [0.4, 0.5) is 9.59 Å². The summed E-state index contributed by atoms with van der Waals surface area (Å²) in [4.78, 5) is 68.6. The molecule has 3 heterocycles. The van der Waals surface area contributed by atoms with Crippen molar-refractivity contribution < 1.29 is 38.1 Å². The zero-order valence-electron chi connectivity index (χ0n) is 35.9. The molecule has 1 aliphatic rings. The monoisotopic (exact) mass is 846 g/mol. The summed E-state index contributed by atoms with van der Waals surface area (Å²) < 4.78 is 20.1. The summed E-state index contributed by atoms with van der Waals surface area (Å²) in [5.74, 6) is 1.01. The molecule has 16 nitrogen and oxygen atoms in total. The first-order chi connectivity index (χ1) is 30.0. The Labute approximate surface area is 359 Å². The van der Waals surface area contributed by atoms with Crippen molar-refractivity contribution in [2.45, 2.75) is 76.3 Å². The molecule has 1 unspecified atom stereocenters. The van der Waals surface area contributed by atoms with Crippen LogP contribution in [0.5, 0.6) is 0 Å². The van der Waals surface area contributed by atoms with Crippen LogP contribution in [0.3, 0.4) is 0 Å². The van der Waals surface area contributed by atoms with Crippen molar-refractivity contribution in [1.82, 2.24) is 40.8 Å². The van der Waals surface area contributed by atoms with E-state index in [2.05, 4.69) is 91.3 Å². The van der Waals surface area contributed by atoms with Gasteiger partial charge in [-0.3, -0.25) is 9.59 Å². The third-order valence-electron chi connectivity index (χ3n) is 11.7. The number of hydrogen-bond donors (Lipinski definition) is 5. The fraction of sp³-hybridized carbons (Fsp3) is 0.391. The van der Waals surface area contributed by atoms with Gasteiger partial charge in [-0.1, -0.05) is 36.4 Å². The molecule has 1 aliphatic heterocycles. The maximum atomic E-state index is 13.7. The first-order valence-corrected chi connectivity index (χ1v) is 20.9. The third kappa shape index (κ3) is 9.66. The van der Waals surface area contributed by atoms with Crippen LogP contribution in [0.15, 0.2) is 72.8 Å². The average molecular weight is 847 g/mol. The van der Waals surface area contributed by atoms with Crippen molar-refractivity contribution in [2.75, 3.05) is 41.5 Å². The number of nitrogens with zero attached hydrogens (tertiary/aromatic N) is 3. The number of imidazole rings is 2. The smallest absolute Gasteiger partial charge is 0.407 e. The minimum absolute atomic E-state index is 0.242. The number of H-pyrrole nitrogens is 2. The summed E-state index contributed by atoms with van der Waals surface area (Å²) in [5.41, 5.74) is 7.81. The van der Waals surface area contributed by atoms with Gasteiger partial charge in [0.25, 0.3) is 0 Å². The molecule has 6 aromatic rings. The highest BCUT2D eigenvalue weighted by atomic mass is 16.5. The average Bonchev–Trinajstić information content (AvgIpc) is 4.06. The van der Waals surface area contributed by atoms with Crippen molar-refractivity contribution in [1.29, 1.82) is 0 Å². The number of unbranched alkanes of at least 4 members (excludes halogenated alkanes) is 1. The number of aromatic amines is 2. The second-order valence-electron chi connectivity index (χ2n) is 15.6. The van der Waals surface area contributed by atoms with Gasteiger partial charge in [-0.05, 0) is 109 Å². The number of carbonyl (C=O) groups is 4. The molecule has 7 rings (SSSR count). The summed E-state index contributed by atoms with van der Waals surface area (Å²) in [6, 6.07) is 23.3. The number of aromatic nitrogens is 4. The van der Waals surface area contributed by atoms with Crippen molar-refractivity contribution in [2.24, 2.45) is 0 Å². The van der Waals surface area contributed by atoms with Crippen LogP contribution in [0.1, 0.15) is 57.2 Å². The van der Waals surface area contributed by atoms with Crippen LogP contribution >= 0.6 is 0 Å². The molecule has 5 N–H and O–H groups in total. The number of benzene rings is 4. The van der Waals surface area contributed by atoms with Crippen LogP contribution in [-0.4, -0.2) is 115 Å². The molecule has 16 heteroatoms. The lowest BCUT2D eigenvalue weighted by Crippen LogP contribution is -2.54. The summed E-state index contributed by atoms with van der Waals surface area (Å²) >= 11 is 0. The normalized spacial score (nSPS) is 15.9. The van der Waals surface area contributed by atoms with Crippen molar-refractivity contribution in [3.63, 3.8) is 0 Å². The van der Waals surface area contributed by atoms with Crippen molar-refractivity contribution in [3.05, 3.63) is 84.4 Å². The van der Waals surface area contributed by atoms with Crippen LogP contribution in [0, 0.1) is 0 Å². The number of amides is 4. The quantitative estimate of drug-likeness (QED) is 0.0666. The minimum Gasteiger partial charge on any atom is -0.453 e. The number of methoxy groups -OCH3 is 4. The highest BCUT2D eigenvalue weighted by Crippen LogP contribution is 2.35. The van der Waals surface area contributed by atoms with E-state index in [-0.39, 0.29) is 17.9 Å². The Hall–Kier alpha value is -6.52. The first kappa shape index (κ1) is 43.6. The molecule has 0 bridgehead atoms. The van der Waals surface area contributed by atoms with Crippen LogP contribution in [0.2, 0.25) is 0 Å². The maximum absolute atomic E-state index is 13.7. The molecule has 0 aliphatic carbocycles. The zero-order chi connectivity index (χ0) is 43.9. The van der Waals surface area contributed by atoms with Crippen LogP contribution in [0.25, 0.3) is 55.1 Å². The number of hydrogen-bond acceptors (Lipinski definition) is 10. The number of carbonyl (C=O) groups excluding carboxylic acids is 4. The second kappa shape index (κ2) is 19.5. The molecule has 4 amide bonds. The molecule has 326 valence electrons. The number of likely N-dealkylation sites (tertiary alicyclic amines) is 1. The standard InChI is InChI=1S/C46H54N8O8/c1-26(59-3)40(52-45(57)61-5)43(55)47-20-8-7-11-39-48-34-18-16-32(24-36(34)49-39)30-14-12-29-23-31(15-13-28(29)22-30)33-17-19-35-37(25-33)51-42(50-35)38-10-9-21-54(38)44(56)41(27(2)60-4)53-46(58)62-6/h12-19,22-27,38,40-41H,7-11,20-21H2,1-6H3,(H,47,55)(H,48,49)(H,50,51)(H,52,57)(H,53,58)/t26-,27-,38+,40+,41?/m1/s1. The predicted octanol–water partition coefficient (Wildman–Crippen LogP) is 6.55. The topological polar surface area (TPSA) is 202 Å². The molecule has 0 radical (unpaired) electrons. The van der Waals surface area contributed by atoms with E-state index in [9.17, 15) is 19.2 Å². The number of ether oxygens (including phenoxy) is 4. The summed E-state index contributed by atoms with van der Waals surface area (Å²) in [6.45, 7) is 4.44. The van der Waals surface area contributed by atoms with E-state index in [1.807, 2.05) is 12.1 Å². The summed E-state index contributed by atoms with van der Waals surface area (Å²) in [7, 11) is 5.49. The predicted molar refractivity (Wildman–Crippen MR) is 235 cm³/mol. The van der Waals surface area contributed by atoms with Gasteiger partial charge in [0, 0.05) is 33.7 Å². The van der Waals surface area contributed by atoms with Crippen molar-refractivity contribution in [3.8, 4) is 22.3 Å². The second-order valence-corrected chi connectivity index (χ2v) is 15.6. The van der Waals surface area contributed by atoms with Crippen LogP contribution < -0.4 is 16.0 Å². The van der Waals surface area contributed by atoms with Gasteiger partial charge in [0.05, 0.1) is 54.5 Å². The molecular weight excluding hydrogens is 793 g/mol. The Morgan fingerprint density at radius 2 is 1.26 bits per heavy atom. The fourth-order valence-corrected chi connectivity index (χ4v) is 7.98. The van der Waals surface area contributed by atoms with Gasteiger partial charge < -0.3 is 49.8 Å². The lowest BCUT2D eigenvalue weighted by atomic mass is 9.97. The SMILES string of the molecule is COC(=O)NC(C(=O)N1CCC[C@H]1c1nc2ccc(-c3ccc4cc(-c5ccc6nc(CCCCNC(=O)[C@@H](NC(=O)OC)[C@@H](C)OC)[nH]c6c5)ccc4c3)cc2[nH]1)[C@@H](C)OC. The third-order valence-corrected chi connectivity index (χ3v) is 11.7. The fourth-order valence-electron chi connectivity index (χ4n) is 7.98. The number of nitrogens with one attached hydrogen (secondary N) is 5. The highest BCUT2D eigenvalue weighted by molar-refractivity contribution is 5.93. The van der Waals surface area contributed by atoms with E-state index >= 15 is 0 Å². The van der Waals surface area contributed by atoms with Gasteiger partial charge in [0.2, 0.25) is 11.8 Å². The van der Waals surface area contributed by atoms with Gasteiger partial charge in [-0.2, -0.15) is 0 Å². The molecule has 1 saturated heterocycles. The van der Waals surface area contributed by atoms with E-state index in [0.29, 0.717) is 18.9 Å². The highest BCUT2D eigenvalue weighted by Gasteiger charge is 2.39. The Morgan fingerprint density at radius 3 is 1.87 bits per heavy atom. The molecule has 0 saturated carbocycles. The van der Waals surface area contributed by atoms with Gasteiger partial charge in [0.15, 0.2) is 0 Å². The summed E-state index contributed by atoms with van der Waals surface area (Å²) in [5, 5.41) is 10.3. The molecular formula is C46H54N8O8. The van der Waals surface area contributed by atoms with Crippen LogP contribution in [-0.2, 0) is 35.0 Å². The van der Waals surface area contributed by atoms with Gasteiger partial charge in [0.1, 0.15) is 23.7 Å². The van der Waals surface area contributed by atoms with E-state index in [4.69, 9.17) is 24.2 Å². The molecule has 1 fully saturated rings. The largest absolute Gasteiger partial charge is 0.453 e. The molecule has 62 heavy (non-hydrogen) atoms.